The molecule has 4 heteroatoms. The first-order valence-electron chi connectivity index (χ1n) is 6.41. The molecule has 0 aliphatic carbocycles. The molecule has 19 heavy (non-hydrogen) atoms. The summed E-state index contributed by atoms with van der Waals surface area (Å²) in [4.78, 5) is 26.8. The molecule has 0 radical (unpaired) electrons. The molecule has 0 unspecified atom stereocenters. The zero-order valence-corrected chi connectivity index (χ0v) is 11.2. The van der Waals surface area contributed by atoms with E-state index in [9.17, 15) is 9.59 Å². The zero-order valence-electron chi connectivity index (χ0n) is 11.2. The molecule has 0 amide bonds. The Morgan fingerprint density at radius 2 is 1.95 bits per heavy atom. The normalized spacial score (nSPS) is 10.6. The Labute approximate surface area is 111 Å². The molecule has 0 fully saturated rings. The van der Waals surface area contributed by atoms with Gasteiger partial charge in [0.15, 0.2) is 0 Å². The topological polar surface area (TPSA) is 59.2 Å². The van der Waals surface area contributed by atoms with Crippen molar-refractivity contribution < 1.29 is 9.53 Å². The summed E-state index contributed by atoms with van der Waals surface area (Å²) in [6.07, 6.45) is 2.58. The minimum atomic E-state index is -0.404. The summed E-state index contributed by atoms with van der Waals surface area (Å²) in [6, 6.07) is 7.10. The van der Waals surface area contributed by atoms with Gasteiger partial charge >= 0.3 is 5.97 Å². The van der Waals surface area contributed by atoms with Crippen molar-refractivity contribution in [3.63, 3.8) is 0 Å². The van der Waals surface area contributed by atoms with Crippen molar-refractivity contribution in [2.24, 2.45) is 0 Å². The second-order valence-corrected chi connectivity index (χ2v) is 4.45. The molecule has 4 nitrogen and oxygen atoms in total. The number of ether oxygens (including phenoxy) is 1. The third-order valence-electron chi connectivity index (χ3n) is 3.18. The second-order valence-electron chi connectivity index (χ2n) is 4.45. The van der Waals surface area contributed by atoms with Crippen LogP contribution in [0.15, 0.2) is 29.1 Å². The summed E-state index contributed by atoms with van der Waals surface area (Å²) in [5.41, 5.74) is 0.984. The Bertz CT molecular complexity index is 658. The van der Waals surface area contributed by atoms with Crippen molar-refractivity contribution in [2.75, 3.05) is 7.11 Å². The molecule has 2 rings (SSSR count). The van der Waals surface area contributed by atoms with Crippen molar-refractivity contribution in [1.29, 1.82) is 0 Å². The van der Waals surface area contributed by atoms with E-state index in [0.717, 1.165) is 12.8 Å². The molecule has 1 N–H and O–H groups in total. The largest absolute Gasteiger partial charge is 0.465 e. The number of H-pyrrole nitrogens is 1. The lowest BCUT2D eigenvalue weighted by Gasteiger charge is -2.10. The fourth-order valence-electron chi connectivity index (χ4n) is 2.20. The van der Waals surface area contributed by atoms with Gasteiger partial charge < -0.3 is 9.72 Å². The number of nitrogens with one attached hydrogen (secondary N) is 1. The SMILES string of the molecule is CCCCc1[nH]c(=O)c2ccccc2c1C(=O)OC. The van der Waals surface area contributed by atoms with Crippen LogP contribution >= 0.6 is 0 Å². The van der Waals surface area contributed by atoms with Crippen molar-refractivity contribution >= 4 is 16.7 Å². The van der Waals surface area contributed by atoms with Crippen LogP contribution in [-0.4, -0.2) is 18.1 Å². The van der Waals surface area contributed by atoms with Crippen molar-refractivity contribution in [3.05, 3.63) is 45.9 Å². The lowest BCUT2D eigenvalue weighted by molar-refractivity contribution is 0.0601. The molecule has 0 bridgehead atoms. The molecule has 1 heterocycles. The molecule has 0 atom stereocenters. The van der Waals surface area contributed by atoms with Crippen LogP contribution in [0.4, 0.5) is 0 Å². The van der Waals surface area contributed by atoms with Crippen LogP contribution in [0.1, 0.15) is 35.8 Å². The average molecular weight is 259 g/mol. The first-order valence-corrected chi connectivity index (χ1v) is 6.41. The van der Waals surface area contributed by atoms with Crippen LogP contribution < -0.4 is 5.56 Å². The maximum Gasteiger partial charge on any atom is 0.340 e. The number of hydrogen-bond acceptors (Lipinski definition) is 3. The molecule has 2 aromatic rings. The minimum absolute atomic E-state index is 0.158. The van der Waals surface area contributed by atoms with Crippen LogP contribution in [0.5, 0.6) is 0 Å². The van der Waals surface area contributed by atoms with Gasteiger partial charge in [0.2, 0.25) is 0 Å². The summed E-state index contributed by atoms with van der Waals surface area (Å²) in [5, 5.41) is 1.17. The van der Waals surface area contributed by atoms with Crippen LogP contribution in [0, 0.1) is 0 Å². The summed E-state index contributed by atoms with van der Waals surface area (Å²) < 4.78 is 4.84. The van der Waals surface area contributed by atoms with E-state index in [-0.39, 0.29) is 5.56 Å². The second kappa shape index (κ2) is 5.69. The first kappa shape index (κ1) is 13.3. The summed E-state index contributed by atoms with van der Waals surface area (Å²) in [5.74, 6) is -0.404. The van der Waals surface area contributed by atoms with E-state index in [1.54, 1.807) is 18.2 Å². The quantitative estimate of drug-likeness (QED) is 0.859. The Morgan fingerprint density at radius 1 is 1.26 bits per heavy atom. The number of carbonyl (C=O) groups is 1. The predicted octanol–water partition coefficient (Wildman–Crippen LogP) is 2.66. The standard InChI is InChI=1S/C15H17NO3/c1-3-4-9-12-13(15(18)19-2)10-7-5-6-8-11(10)14(17)16-12/h5-8H,3-4,9H2,1-2H3,(H,16,17). The molecule has 1 aromatic heterocycles. The lowest BCUT2D eigenvalue weighted by Crippen LogP contribution is -2.17. The number of aryl methyl sites for hydroxylation is 1. The van der Waals surface area contributed by atoms with Crippen molar-refractivity contribution in [1.82, 2.24) is 4.98 Å². The van der Waals surface area contributed by atoms with Gasteiger partial charge in [-0.2, -0.15) is 0 Å². The monoisotopic (exact) mass is 259 g/mol. The van der Waals surface area contributed by atoms with Crippen LogP contribution in [-0.2, 0) is 11.2 Å². The summed E-state index contributed by atoms with van der Waals surface area (Å²) >= 11 is 0. The van der Waals surface area contributed by atoms with Gasteiger partial charge in [0.25, 0.3) is 5.56 Å². The van der Waals surface area contributed by atoms with Crippen LogP contribution in [0.2, 0.25) is 0 Å². The Morgan fingerprint density at radius 3 is 2.58 bits per heavy atom. The van der Waals surface area contributed by atoms with Gasteiger partial charge in [-0.1, -0.05) is 31.5 Å². The highest BCUT2D eigenvalue weighted by molar-refractivity contribution is 6.05. The van der Waals surface area contributed by atoms with E-state index in [0.29, 0.717) is 28.5 Å². The van der Waals surface area contributed by atoms with Gasteiger partial charge in [-0.05, 0) is 18.9 Å². The van der Waals surface area contributed by atoms with Gasteiger partial charge in [0.1, 0.15) is 0 Å². The molecule has 0 saturated heterocycles. The van der Waals surface area contributed by atoms with Crippen LogP contribution in [0.3, 0.4) is 0 Å². The third kappa shape index (κ3) is 2.52. The number of hydrogen-bond donors (Lipinski definition) is 1. The molecule has 1 aromatic carbocycles. The number of aromatic amines is 1. The number of methoxy groups -OCH3 is 1. The molecular weight excluding hydrogens is 242 g/mol. The van der Waals surface area contributed by atoms with Gasteiger partial charge in [-0.15, -0.1) is 0 Å². The van der Waals surface area contributed by atoms with E-state index < -0.39 is 5.97 Å². The van der Waals surface area contributed by atoms with E-state index in [2.05, 4.69) is 11.9 Å². The molecule has 0 aliphatic rings. The predicted molar refractivity (Wildman–Crippen MR) is 74.5 cm³/mol. The molecule has 0 spiro atoms. The number of aromatic nitrogens is 1. The third-order valence-corrected chi connectivity index (χ3v) is 3.18. The Kier molecular flexibility index (Phi) is 4.00. The number of esters is 1. The highest BCUT2D eigenvalue weighted by Crippen LogP contribution is 2.20. The highest BCUT2D eigenvalue weighted by atomic mass is 16.5. The number of benzene rings is 1. The Balaban J connectivity index is 2.72. The zero-order chi connectivity index (χ0) is 13.8. The molecule has 0 saturated carbocycles. The lowest BCUT2D eigenvalue weighted by atomic mass is 10.0. The Hall–Kier alpha value is -2.10. The fraction of sp³-hybridized carbons (Fsp3) is 0.333. The van der Waals surface area contributed by atoms with E-state index in [1.165, 1.54) is 7.11 Å². The van der Waals surface area contributed by atoms with Gasteiger partial charge in [-0.3, -0.25) is 4.79 Å². The summed E-state index contributed by atoms with van der Waals surface area (Å²) in [6.45, 7) is 2.07. The summed E-state index contributed by atoms with van der Waals surface area (Å²) in [7, 11) is 1.35. The van der Waals surface area contributed by atoms with Crippen molar-refractivity contribution in [3.8, 4) is 0 Å². The first-order chi connectivity index (χ1) is 9.19. The number of pyridine rings is 1. The van der Waals surface area contributed by atoms with E-state index in [1.807, 2.05) is 6.07 Å². The highest BCUT2D eigenvalue weighted by Gasteiger charge is 2.17. The molecule has 0 aliphatic heterocycles. The minimum Gasteiger partial charge on any atom is -0.465 e. The number of fused-ring (bicyclic) bond motifs is 1. The van der Waals surface area contributed by atoms with Crippen LogP contribution in [0.25, 0.3) is 10.8 Å². The fourth-order valence-corrected chi connectivity index (χ4v) is 2.20. The van der Waals surface area contributed by atoms with Gasteiger partial charge in [0.05, 0.1) is 12.7 Å². The number of carbonyl (C=O) groups excluding carboxylic acids is 1. The van der Waals surface area contributed by atoms with Gasteiger partial charge in [-0.25, -0.2) is 4.79 Å². The number of rotatable bonds is 4. The van der Waals surface area contributed by atoms with E-state index >= 15 is 0 Å². The smallest absolute Gasteiger partial charge is 0.340 e. The maximum atomic E-state index is 12.0. The van der Waals surface area contributed by atoms with E-state index in [4.69, 9.17) is 4.74 Å². The number of unbranched alkanes of at least 4 members (excludes halogenated alkanes) is 1. The maximum absolute atomic E-state index is 12.0. The van der Waals surface area contributed by atoms with Crippen molar-refractivity contribution in [2.45, 2.75) is 26.2 Å². The average Bonchev–Trinajstić information content (AvgIpc) is 2.44. The molecule has 100 valence electrons. The van der Waals surface area contributed by atoms with Gasteiger partial charge in [0, 0.05) is 16.5 Å². The molecular formula is C15H17NO3.